The molecule has 1 unspecified atom stereocenters. The molecule has 0 aliphatic rings. The Bertz CT molecular complexity index is 918. The molecule has 0 saturated heterocycles. The number of nitrogens with one attached hydrogen (secondary N) is 1. The number of carbonyl (C=O) groups is 1. The first-order chi connectivity index (χ1) is 12.6. The van der Waals surface area contributed by atoms with E-state index in [-0.39, 0.29) is 0 Å². The summed E-state index contributed by atoms with van der Waals surface area (Å²) >= 11 is 0. The van der Waals surface area contributed by atoms with E-state index in [0.29, 0.717) is 22.7 Å². The Balaban J connectivity index is 1.93. The highest BCUT2D eigenvalue weighted by Gasteiger charge is 2.18. The molecule has 3 aromatic rings. The molecule has 6 nitrogen and oxygen atoms in total. The van der Waals surface area contributed by atoms with Crippen molar-refractivity contribution in [1.29, 1.82) is 0 Å². The van der Waals surface area contributed by atoms with Crippen LogP contribution in [0.5, 0.6) is 5.88 Å². The van der Waals surface area contributed by atoms with Gasteiger partial charge in [0.25, 0.3) is 0 Å². The van der Waals surface area contributed by atoms with Crippen LogP contribution >= 0.6 is 0 Å². The lowest BCUT2D eigenvalue weighted by atomic mass is 10.1. The topological polar surface area (TPSA) is 90.1 Å². The van der Waals surface area contributed by atoms with Gasteiger partial charge in [0.15, 0.2) is 0 Å². The van der Waals surface area contributed by atoms with Crippen LogP contribution < -0.4 is 15.8 Å². The summed E-state index contributed by atoms with van der Waals surface area (Å²) in [6.07, 6.45) is 4.15. The van der Waals surface area contributed by atoms with Crippen LogP contribution in [0.25, 0.3) is 11.1 Å². The van der Waals surface area contributed by atoms with E-state index in [1.54, 1.807) is 24.4 Å². The normalized spacial score (nSPS) is 11.6. The molecule has 0 saturated carbocycles. The molecule has 2 heterocycles. The first-order valence-corrected chi connectivity index (χ1v) is 7.84. The van der Waals surface area contributed by atoms with Crippen molar-refractivity contribution in [3.63, 3.8) is 0 Å². The Morgan fingerprint density at radius 3 is 2.65 bits per heavy atom. The fourth-order valence-corrected chi connectivity index (χ4v) is 2.55. The summed E-state index contributed by atoms with van der Waals surface area (Å²) in [4.78, 5) is 19.8. The maximum absolute atomic E-state index is 14.1. The van der Waals surface area contributed by atoms with Gasteiger partial charge >= 0.3 is 0 Å². The van der Waals surface area contributed by atoms with Crippen molar-refractivity contribution in [3.05, 3.63) is 72.4 Å². The molecule has 132 valence electrons. The number of methoxy groups -OCH3 is 1. The zero-order valence-corrected chi connectivity index (χ0v) is 14.0. The van der Waals surface area contributed by atoms with E-state index in [2.05, 4.69) is 15.3 Å². The van der Waals surface area contributed by atoms with Crippen molar-refractivity contribution < 1.29 is 13.9 Å². The number of aromatic nitrogens is 2. The smallest absolute Gasteiger partial charge is 0.244 e. The molecule has 1 amide bonds. The zero-order chi connectivity index (χ0) is 18.5. The van der Waals surface area contributed by atoms with Crippen LogP contribution in [0.15, 0.2) is 61.1 Å². The molecule has 3 N–H and O–H groups in total. The van der Waals surface area contributed by atoms with Gasteiger partial charge in [0.1, 0.15) is 11.9 Å². The second-order valence-corrected chi connectivity index (χ2v) is 5.56. The number of pyridine rings is 2. The minimum absolute atomic E-state index is 0.291. The molecule has 0 aliphatic heterocycles. The van der Waals surface area contributed by atoms with Crippen molar-refractivity contribution in [1.82, 2.24) is 9.97 Å². The van der Waals surface area contributed by atoms with Crippen LogP contribution in [0.1, 0.15) is 11.6 Å². The van der Waals surface area contributed by atoms with Gasteiger partial charge in [-0.2, -0.15) is 0 Å². The van der Waals surface area contributed by atoms with E-state index in [4.69, 9.17) is 10.5 Å². The number of hydrogen-bond donors (Lipinski definition) is 2. The van der Waals surface area contributed by atoms with Crippen molar-refractivity contribution >= 4 is 11.6 Å². The maximum atomic E-state index is 14.1. The summed E-state index contributed by atoms with van der Waals surface area (Å²) in [5, 5.41) is 3.05. The summed E-state index contributed by atoms with van der Waals surface area (Å²) in [7, 11) is 1.46. The van der Waals surface area contributed by atoms with Gasteiger partial charge in [0, 0.05) is 23.4 Å². The van der Waals surface area contributed by atoms with Crippen LogP contribution in [-0.2, 0) is 4.79 Å². The lowest BCUT2D eigenvalue weighted by molar-refractivity contribution is -0.118. The van der Waals surface area contributed by atoms with Gasteiger partial charge in [-0.3, -0.25) is 9.78 Å². The number of ether oxygens (including phenoxy) is 1. The van der Waals surface area contributed by atoms with Crippen LogP contribution in [0.2, 0.25) is 0 Å². The Morgan fingerprint density at radius 2 is 1.96 bits per heavy atom. The monoisotopic (exact) mass is 352 g/mol. The fraction of sp³-hybridized carbons (Fsp3) is 0.105. The Morgan fingerprint density at radius 1 is 1.19 bits per heavy atom. The van der Waals surface area contributed by atoms with Gasteiger partial charge in [-0.1, -0.05) is 30.3 Å². The lowest BCUT2D eigenvalue weighted by Crippen LogP contribution is -2.27. The predicted molar refractivity (Wildman–Crippen MR) is 96.0 cm³/mol. The molecule has 0 aliphatic carbocycles. The van der Waals surface area contributed by atoms with E-state index < -0.39 is 17.8 Å². The number of amides is 1. The number of hydrogen-bond acceptors (Lipinski definition) is 5. The summed E-state index contributed by atoms with van der Waals surface area (Å²) in [5.74, 6) is -0.739. The first kappa shape index (κ1) is 17.3. The van der Waals surface area contributed by atoms with E-state index in [1.165, 1.54) is 19.4 Å². The molecule has 3 rings (SSSR count). The molecule has 0 spiro atoms. The van der Waals surface area contributed by atoms with Crippen molar-refractivity contribution in [2.24, 2.45) is 5.73 Å². The van der Waals surface area contributed by atoms with Gasteiger partial charge in [0.05, 0.1) is 25.2 Å². The van der Waals surface area contributed by atoms with Crippen molar-refractivity contribution in [3.8, 4) is 17.0 Å². The summed E-state index contributed by atoms with van der Waals surface area (Å²) < 4.78 is 19.2. The lowest BCUT2D eigenvalue weighted by Gasteiger charge is -2.17. The molecular formula is C19H17FN4O2. The van der Waals surface area contributed by atoms with Gasteiger partial charge in [0.2, 0.25) is 11.8 Å². The molecular weight excluding hydrogens is 335 g/mol. The maximum Gasteiger partial charge on any atom is 0.244 e. The summed E-state index contributed by atoms with van der Waals surface area (Å²) in [6.45, 7) is 0. The number of carbonyl (C=O) groups excluding carboxylic acids is 1. The largest absolute Gasteiger partial charge is 0.481 e. The number of primary amides is 1. The van der Waals surface area contributed by atoms with Gasteiger partial charge < -0.3 is 15.8 Å². The Kier molecular flexibility index (Phi) is 5.07. The highest BCUT2D eigenvalue weighted by molar-refractivity contribution is 5.84. The highest BCUT2D eigenvalue weighted by Crippen LogP contribution is 2.28. The quantitative estimate of drug-likeness (QED) is 0.712. The first-order valence-electron chi connectivity index (χ1n) is 7.84. The van der Waals surface area contributed by atoms with Gasteiger partial charge in [-0.25, -0.2) is 9.37 Å². The molecule has 2 aromatic heterocycles. The van der Waals surface area contributed by atoms with E-state index in [9.17, 15) is 9.18 Å². The second kappa shape index (κ2) is 7.60. The molecule has 0 radical (unpaired) electrons. The zero-order valence-electron chi connectivity index (χ0n) is 14.0. The van der Waals surface area contributed by atoms with Gasteiger partial charge in [-0.05, 0) is 11.6 Å². The van der Waals surface area contributed by atoms with E-state index in [0.717, 1.165) is 11.8 Å². The number of halogens is 1. The van der Waals surface area contributed by atoms with E-state index >= 15 is 0 Å². The number of nitrogens with zero attached hydrogens (tertiary/aromatic N) is 2. The third-order valence-corrected chi connectivity index (χ3v) is 3.82. The summed E-state index contributed by atoms with van der Waals surface area (Å²) in [6, 6.07) is 11.5. The minimum atomic E-state index is -0.731. The minimum Gasteiger partial charge on any atom is -0.481 e. The second-order valence-electron chi connectivity index (χ2n) is 5.56. The Labute approximate surface area is 149 Å². The fourth-order valence-electron chi connectivity index (χ4n) is 2.55. The molecule has 0 bridgehead atoms. The molecule has 0 fully saturated rings. The number of nitrogens with two attached hydrogens (primary N) is 1. The third-order valence-electron chi connectivity index (χ3n) is 3.82. The predicted octanol–water partition coefficient (Wildman–Crippen LogP) is 2.93. The molecule has 1 atom stereocenters. The molecule has 7 heteroatoms. The molecule has 1 aromatic carbocycles. The SMILES string of the molecule is COc1cc(-c2cncc(NC(C(N)=O)c3ccccc3)c2)c(F)cn1. The average Bonchev–Trinajstić information content (AvgIpc) is 2.67. The van der Waals surface area contributed by atoms with Crippen molar-refractivity contribution in [2.45, 2.75) is 6.04 Å². The van der Waals surface area contributed by atoms with E-state index in [1.807, 2.05) is 18.2 Å². The van der Waals surface area contributed by atoms with Crippen LogP contribution in [0, 0.1) is 5.82 Å². The number of rotatable bonds is 6. The van der Waals surface area contributed by atoms with Crippen LogP contribution in [0.3, 0.4) is 0 Å². The standard InChI is InChI=1S/C19H17FN4O2/c1-26-17-8-15(16(20)11-23-17)13-7-14(10-22-9-13)24-18(19(21)25)12-5-3-2-4-6-12/h2-11,18,24H,1H3,(H2,21,25). The number of benzene rings is 1. The molecule has 26 heavy (non-hydrogen) atoms. The van der Waals surface area contributed by atoms with Crippen LogP contribution in [-0.4, -0.2) is 23.0 Å². The number of anilines is 1. The van der Waals surface area contributed by atoms with Gasteiger partial charge in [-0.15, -0.1) is 0 Å². The van der Waals surface area contributed by atoms with Crippen LogP contribution in [0.4, 0.5) is 10.1 Å². The highest BCUT2D eigenvalue weighted by atomic mass is 19.1. The third kappa shape index (κ3) is 3.77. The van der Waals surface area contributed by atoms with Crippen molar-refractivity contribution in [2.75, 3.05) is 12.4 Å². The average molecular weight is 352 g/mol. The Hall–Kier alpha value is -3.48. The summed E-state index contributed by atoms with van der Waals surface area (Å²) in [5.41, 5.74) is 7.59.